The summed E-state index contributed by atoms with van der Waals surface area (Å²) in [5.74, 6) is 0.795. The van der Waals surface area contributed by atoms with Crippen molar-refractivity contribution in [2.75, 3.05) is 53.6 Å². The topological polar surface area (TPSA) is 94.9 Å². The molecule has 0 saturated carbocycles. The molecule has 0 spiro atoms. The minimum absolute atomic E-state index is 0.260. The first kappa shape index (κ1) is 21.8. The summed E-state index contributed by atoms with van der Waals surface area (Å²) < 4.78 is 17.0. The summed E-state index contributed by atoms with van der Waals surface area (Å²) in [5.41, 5.74) is 0.828. The van der Waals surface area contributed by atoms with Crippen molar-refractivity contribution in [3.8, 4) is 22.8 Å². The Morgan fingerprint density at radius 2 is 1.90 bits per heavy atom. The molecule has 2 aromatic rings. The number of rotatable bonds is 8. The van der Waals surface area contributed by atoms with Gasteiger partial charge >= 0.3 is 0 Å². The Labute approximate surface area is 175 Å². The minimum atomic E-state index is -0.759. The van der Waals surface area contributed by atoms with Crippen LogP contribution in [-0.4, -0.2) is 74.2 Å². The maximum absolute atomic E-state index is 12.6. The van der Waals surface area contributed by atoms with Crippen LogP contribution in [-0.2, 0) is 9.53 Å². The Bertz CT molecular complexity index is 907. The van der Waals surface area contributed by atoms with E-state index in [-0.39, 0.29) is 5.91 Å². The van der Waals surface area contributed by atoms with E-state index in [0.717, 1.165) is 25.2 Å². The van der Waals surface area contributed by atoms with E-state index in [0.29, 0.717) is 37.0 Å². The number of aromatic nitrogens is 2. The lowest BCUT2D eigenvalue weighted by Crippen LogP contribution is -2.43. The van der Waals surface area contributed by atoms with Crippen molar-refractivity contribution in [3.05, 3.63) is 40.7 Å². The molecule has 3 rings (SSSR count). The van der Waals surface area contributed by atoms with Gasteiger partial charge in [-0.05, 0) is 31.2 Å². The summed E-state index contributed by atoms with van der Waals surface area (Å²) in [6, 6.07) is 7.84. The van der Waals surface area contributed by atoms with Gasteiger partial charge in [-0.25, -0.2) is 4.68 Å². The van der Waals surface area contributed by atoms with E-state index in [1.165, 1.54) is 17.9 Å². The van der Waals surface area contributed by atoms with Crippen molar-refractivity contribution in [2.24, 2.45) is 0 Å². The van der Waals surface area contributed by atoms with E-state index in [1.807, 2.05) is 12.1 Å². The van der Waals surface area contributed by atoms with Gasteiger partial charge in [0.15, 0.2) is 5.75 Å². The second kappa shape index (κ2) is 10.2. The van der Waals surface area contributed by atoms with Gasteiger partial charge in [0.2, 0.25) is 5.91 Å². The van der Waals surface area contributed by atoms with Gasteiger partial charge in [0.05, 0.1) is 27.4 Å². The lowest BCUT2D eigenvalue weighted by atomic mass is 10.1. The highest BCUT2D eigenvalue weighted by Crippen LogP contribution is 2.28. The molecule has 9 heteroatoms. The summed E-state index contributed by atoms with van der Waals surface area (Å²) in [4.78, 5) is 27.4. The van der Waals surface area contributed by atoms with Crippen molar-refractivity contribution in [2.45, 2.75) is 13.0 Å². The molecule has 1 atom stereocenters. The van der Waals surface area contributed by atoms with Crippen LogP contribution in [0.3, 0.4) is 0 Å². The second-order valence-corrected chi connectivity index (χ2v) is 6.99. The maximum Gasteiger partial charge on any atom is 0.271 e. The van der Waals surface area contributed by atoms with E-state index < -0.39 is 11.6 Å². The van der Waals surface area contributed by atoms with E-state index in [9.17, 15) is 9.59 Å². The maximum atomic E-state index is 12.6. The standard InChI is InChI=1S/C21H28N4O5/c1-15(21(27)22-8-9-24-10-12-30-13-11-24)25-19(26)14-18(29-3)20(23-25)16-4-6-17(28-2)7-5-16/h4-7,14-15H,8-13H2,1-3H3,(H,22,27). The van der Waals surface area contributed by atoms with Crippen molar-refractivity contribution >= 4 is 5.91 Å². The molecular weight excluding hydrogens is 388 g/mol. The number of carbonyl (C=O) groups excluding carboxylic acids is 1. The highest BCUT2D eigenvalue weighted by atomic mass is 16.5. The van der Waals surface area contributed by atoms with Gasteiger partial charge in [-0.15, -0.1) is 0 Å². The number of amides is 1. The van der Waals surface area contributed by atoms with Crippen LogP contribution >= 0.6 is 0 Å². The number of methoxy groups -OCH3 is 2. The van der Waals surface area contributed by atoms with Crippen LogP contribution in [0.4, 0.5) is 0 Å². The number of benzene rings is 1. The van der Waals surface area contributed by atoms with Crippen LogP contribution in [0.5, 0.6) is 11.5 Å². The first-order valence-corrected chi connectivity index (χ1v) is 9.93. The molecule has 1 unspecified atom stereocenters. The fourth-order valence-electron chi connectivity index (χ4n) is 3.26. The molecule has 9 nitrogen and oxygen atoms in total. The third kappa shape index (κ3) is 5.17. The highest BCUT2D eigenvalue weighted by molar-refractivity contribution is 5.79. The number of morpholine rings is 1. The molecule has 30 heavy (non-hydrogen) atoms. The molecule has 1 aromatic carbocycles. The highest BCUT2D eigenvalue weighted by Gasteiger charge is 2.21. The van der Waals surface area contributed by atoms with E-state index in [1.54, 1.807) is 26.2 Å². The first-order valence-electron chi connectivity index (χ1n) is 9.93. The van der Waals surface area contributed by atoms with Crippen LogP contribution in [0, 0.1) is 0 Å². The molecule has 1 fully saturated rings. The zero-order chi connectivity index (χ0) is 21.5. The first-order chi connectivity index (χ1) is 14.5. The van der Waals surface area contributed by atoms with Gasteiger partial charge in [0, 0.05) is 37.8 Å². The summed E-state index contributed by atoms with van der Waals surface area (Å²) >= 11 is 0. The SMILES string of the molecule is COc1ccc(-c2nn(C(C)C(=O)NCCN3CCOCC3)c(=O)cc2OC)cc1. The molecule has 0 radical (unpaired) electrons. The average molecular weight is 416 g/mol. The largest absolute Gasteiger partial charge is 0.497 e. The second-order valence-electron chi connectivity index (χ2n) is 6.99. The van der Waals surface area contributed by atoms with Gasteiger partial charge in [0.25, 0.3) is 5.56 Å². The summed E-state index contributed by atoms with van der Waals surface area (Å²) in [5, 5.41) is 7.33. The zero-order valence-electron chi connectivity index (χ0n) is 17.6. The molecule has 1 amide bonds. The van der Waals surface area contributed by atoms with Crippen LogP contribution < -0.4 is 20.3 Å². The van der Waals surface area contributed by atoms with Crippen LogP contribution in [0.1, 0.15) is 13.0 Å². The van der Waals surface area contributed by atoms with Crippen molar-refractivity contribution in [1.29, 1.82) is 0 Å². The number of hydrogen-bond donors (Lipinski definition) is 1. The number of ether oxygens (including phenoxy) is 3. The molecule has 1 aliphatic rings. The molecule has 0 aliphatic carbocycles. The Kier molecular flexibility index (Phi) is 7.42. The summed E-state index contributed by atoms with van der Waals surface area (Å²) in [6.07, 6.45) is 0. The van der Waals surface area contributed by atoms with E-state index in [4.69, 9.17) is 14.2 Å². The molecule has 1 N–H and O–H groups in total. The molecule has 1 aliphatic heterocycles. The Balaban J connectivity index is 1.74. The third-order valence-corrected chi connectivity index (χ3v) is 5.08. The Morgan fingerprint density at radius 1 is 1.20 bits per heavy atom. The molecule has 2 heterocycles. The third-order valence-electron chi connectivity index (χ3n) is 5.08. The molecule has 1 saturated heterocycles. The van der Waals surface area contributed by atoms with Gasteiger partial charge in [-0.1, -0.05) is 0 Å². The number of carbonyl (C=O) groups is 1. The fraction of sp³-hybridized carbons (Fsp3) is 0.476. The van der Waals surface area contributed by atoms with E-state index in [2.05, 4.69) is 15.3 Å². The lowest BCUT2D eigenvalue weighted by molar-refractivity contribution is -0.124. The van der Waals surface area contributed by atoms with Gasteiger partial charge in [-0.2, -0.15) is 5.10 Å². The fourth-order valence-corrected chi connectivity index (χ4v) is 3.26. The van der Waals surface area contributed by atoms with Crippen molar-refractivity contribution in [1.82, 2.24) is 20.0 Å². The van der Waals surface area contributed by atoms with Crippen molar-refractivity contribution < 1.29 is 19.0 Å². The van der Waals surface area contributed by atoms with Gasteiger partial charge in [-0.3, -0.25) is 14.5 Å². The van der Waals surface area contributed by atoms with Crippen molar-refractivity contribution in [3.63, 3.8) is 0 Å². The van der Waals surface area contributed by atoms with Gasteiger partial charge in [0.1, 0.15) is 17.5 Å². The summed E-state index contributed by atoms with van der Waals surface area (Å²) in [6.45, 7) is 6.03. The van der Waals surface area contributed by atoms with Gasteiger partial charge < -0.3 is 19.5 Å². The average Bonchev–Trinajstić information content (AvgIpc) is 2.79. The normalized spacial score (nSPS) is 15.4. The predicted molar refractivity (Wildman–Crippen MR) is 112 cm³/mol. The van der Waals surface area contributed by atoms with Crippen LogP contribution in [0.2, 0.25) is 0 Å². The summed E-state index contributed by atoms with van der Waals surface area (Å²) in [7, 11) is 3.07. The number of nitrogens with one attached hydrogen (secondary N) is 1. The predicted octanol–water partition coefficient (Wildman–Crippen LogP) is 0.937. The monoisotopic (exact) mass is 416 g/mol. The number of hydrogen-bond acceptors (Lipinski definition) is 7. The molecule has 162 valence electrons. The smallest absolute Gasteiger partial charge is 0.271 e. The van der Waals surface area contributed by atoms with E-state index >= 15 is 0 Å². The molecular formula is C21H28N4O5. The Morgan fingerprint density at radius 3 is 2.53 bits per heavy atom. The lowest BCUT2D eigenvalue weighted by Gasteiger charge is -2.26. The number of nitrogens with zero attached hydrogens (tertiary/aromatic N) is 3. The quantitative estimate of drug-likeness (QED) is 0.684. The molecule has 1 aromatic heterocycles. The Hall–Kier alpha value is -2.91. The van der Waals surface area contributed by atoms with Crippen LogP contribution in [0.25, 0.3) is 11.3 Å². The minimum Gasteiger partial charge on any atom is -0.497 e. The zero-order valence-corrected chi connectivity index (χ0v) is 17.6. The molecule has 0 bridgehead atoms. The van der Waals surface area contributed by atoms with Crippen LogP contribution in [0.15, 0.2) is 35.1 Å².